The number of hydrogen-bond acceptors (Lipinski definition) is 3. The van der Waals surface area contributed by atoms with Gasteiger partial charge in [0.25, 0.3) is 0 Å². The molecule has 19 heavy (non-hydrogen) atoms. The van der Waals surface area contributed by atoms with Crippen LogP contribution in [0, 0.1) is 5.92 Å². The van der Waals surface area contributed by atoms with Crippen molar-refractivity contribution in [3.05, 3.63) is 28.0 Å². The lowest BCUT2D eigenvalue weighted by Gasteiger charge is -2.10. The smallest absolute Gasteiger partial charge is 0.345 e. The zero-order valence-electron chi connectivity index (χ0n) is 11.9. The molecule has 3 nitrogen and oxygen atoms in total. The van der Waals surface area contributed by atoms with E-state index in [1.165, 1.54) is 23.3 Å². The highest BCUT2D eigenvalue weighted by molar-refractivity contribution is 7.12. The van der Waals surface area contributed by atoms with Gasteiger partial charge in [-0.2, -0.15) is 0 Å². The second-order valence-electron chi connectivity index (χ2n) is 5.18. The van der Waals surface area contributed by atoms with Gasteiger partial charge >= 0.3 is 5.97 Å². The summed E-state index contributed by atoms with van der Waals surface area (Å²) < 4.78 is 0. The third kappa shape index (κ3) is 6.43. The van der Waals surface area contributed by atoms with Crippen LogP contribution in [-0.4, -0.2) is 17.6 Å². The molecule has 0 aliphatic heterocycles. The molecule has 0 saturated heterocycles. The molecule has 0 fully saturated rings. The molecular formula is C15H23NO2S. The van der Waals surface area contributed by atoms with Crippen molar-refractivity contribution in [1.82, 2.24) is 0 Å². The van der Waals surface area contributed by atoms with Crippen LogP contribution in [0.25, 0.3) is 0 Å². The van der Waals surface area contributed by atoms with Crippen LogP contribution in [0.1, 0.15) is 49.7 Å². The zero-order valence-corrected chi connectivity index (χ0v) is 12.7. The van der Waals surface area contributed by atoms with Gasteiger partial charge in [0.15, 0.2) is 0 Å². The van der Waals surface area contributed by atoms with Crippen LogP contribution in [0.2, 0.25) is 0 Å². The molecular weight excluding hydrogens is 258 g/mol. The van der Waals surface area contributed by atoms with Crippen molar-refractivity contribution >= 4 is 23.0 Å². The molecule has 0 bridgehead atoms. The Hall–Kier alpha value is -1.29. The number of thiophene rings is 1. The van der Waals surface area contributed by atoms with Crippen molar-refractivity contribution in [2.45, 2.75) is 40.0 Å². The van der Waals surface area contributed by atoms with Crippen LogP contribution in [0.3, 0.4) is 0 Å². The summed E-state index contributed by atoms with van der Waals surface area (Å²) >= 11 is 1.26. The average Bonchev–Trinajstić information content (AvgIpc) is 2.77. The number of nitrogens with one attached hydrogen (secondary N) is 1. The van der Waals surface area contributed by atoms with Crippen molar-refractivity contribution in [3.8, 4) is 0 Å². The summed E-state index contributed by atoms with van der Waals surface area (Å²) in [6.45, 7) is 7.41. The largest absolute Gasteiger partial charge is 0.477 e. The minimum absolute atomic E-state index is 0.388. The Labute approximate surface area is 119 Å². The fourth-order valence-electron chi connectivity index (χ4n) is 1.80. The van der Waals surface area contributed by atoms with E-state index in [2.05, 4.69) is 32.2 Å². The van der Waals surface area contributed by atoms with Gasteiger partial charge in [-0.15, -0.1) is 11.3 Å². The first-order valence-electron chi connectivity index (χ1n) is 6.68. The van der Waals surface area contributed by atoms with Crippen LogP contribution in [0.15, 0.2) is 23.1 Å². The van der Waals surface area contributed by atoms with Gasteiger partial charge in [-0.3, -0.25) is 0 Å². The van der Waals surface area contributed by atoms with Gasteiger partial charge in [0.1, 0.15) is 4.88 Å². The van der Waals surface area contributed by atoms with Gasteiger partial charge in [-0.1, -0.05) is 18.6 Å². The van der Waals surface area contributed by atoms with E-state index in [1.54, 1.807) is 6.07 Å². The van der Waals surface area contributed by atoms with E-state index in [0.717, 1.165) is 25.1 Å². The quantitative estimate of drug-likeness (QED) is 0.683. The number of carbonyl (C=O) groups is 1. The lowest BCUT2D eigenvalue weighted by atomic mass is 10.0. The fourth-order valence-corrected chi connectivity index (χ4v) is 2.51. The first-order chi connectivity index (χ1) is 8.99. The van der Waals surface area contributed by atoms with Crippen molar-refractivity contribution in [2.24, 2.45) is 5.92 Å². The SMILES string of the molecule is CC(C)=CCCC(C)CCNc1csc(C(=O)O)c1. The number of allylic oxidation sites excluding steroid dienone is 2. The molecule has 0 spiro atoms. The monoisotopic (exact) mass is 281 g/mol. The minimum Gasteiger partial charge on any atom is -0.477 e. The van der Waals surface area contributed by atoms with Gasteiger partial charge in [0.2, 0.25) is 0 Å². The number of carboxylic acids is 1. The first kappa shape index (κ1) is 15.8. The maximum absolute atomic E-state index is 10.7. The second-order valence-corrected chi connectivity index (χ2v) is 6.10. The maximum atomic E-state index is 10.7. The minimum atomic E-state index is -0.854. The molecule has 0 aliphatic rings. The number of hydrogen-bond donors (Lipinski definition) is 2. The third-order valence-corrected chi connectivity index (χ3v) is 3.91. The molecule has 1 heterocycles. The summed E-state index contributed by atoms with van der Waals surface area (Å²) in [7, 11) is 0. The molecule has 0 aliphatic carbocycles. The molecule has 1 aromatic rings. The normalized spacial score (nSPS) is 11.9. The molecule has 1 atom stereocenters. The number of anilines is 1. The molecule has 1 rings (SSSR count). The lowest BCUT2D eigenvalue weighted by Crippen LogP contribution is -2.06. The Bertz CT molecular complexity index is 433. The lowest BCUT2D eigenvalue weighted by molar-refractivity contribution is 0.0702. The van der Waals surface area contributed by atoms with Gasteiger partial charge in [0.05, 0.1) is 0 Å². The van der Waals surface area contributed by atoms with E-state index >= 15 is 0 Å². The van der Waals surface area contributed by atoms with E-state index in [0.29, 0.717) is 10.8 Å². The van der Waals surface area contributed by atoms with E-state index < -0.39 is 5.97 Å². The van der Waals surface area contributed by atoms with Crippen molar-refractivity contribution in [1.29, 1.82) is 0 Å². The Kier molecular flexibility index (Phi) is 6.64. The fraction of sp³-hybridized carbons (Fsp3) is 0.533. The average molecular weight is 281 g/mol. The van der Waals surface area contributed by atoms with Crippen molar-refractivity contribution in [3.63, 3.8) is 0 Å². The van der Waals surface area contributed by atoms with Crippen LogP contribution < -0.4 is 5.32 Å². The molecule has 1 aromatic heterocycles. The molecule has 0 radical (unpaired) electrons. The highest BCUT2D eigenvalue weighted by Crippen LogP contribution is 2.20. The summed E-state index contributed by atoms with van der Waals surface area (Å²) in [6, 6.07) is 1.70. The summed E-state index contributed by atoms with van der Waals surface area (Å²) in [6.07, 6.45) is 5.73. The number of rotatable bonds is 8. The highest BCUT2D eigenvalue weighted by atomic mass is 32.1. The molecule has 4 heteroatoms. The van der Waals surface area contributed by atoms with E-state index in [1.807, 2.05) is 5.38 Å². The van der Waals surface area contributed by atoms with Gasteiger partial charge in [-0.05, 0) is 45.1 Å². The molecule has 0 saturated carbocycles. The van der Waals surface area contributed by atoms with E-state index in [9.17, 15) is 4.79 Å². The predicted molar refractivity (Wildman–Crippen MR) is 82.2 cm³/mol. The molecule has 2 N–H and O–H groups in total. The van der Waals surface area contributed by atoms with Crippen LogP contribution in [-0.2, 0) is 0 Å². The van der Waals surface area contributed by atoms with Gasteiger partial charge in [-0.25, -0.2) is 4.79 Å². The third-order valence-electron chi connectivity index (χ3n) is 2.99. The number of aromatic carboxylic acids is 1. The Morgan fingerprint density at radius 3 is 2.79 bits per heavy atom. The van der Waals surface area contributed by atoms with Crippen molar-refractivity contribution < 1.29 is 9.90 Å². The maximum Gasteiger partial charge on any atom is 0.345 e. The zero-order chi connectivity index (χ0) is 14.3. The summed E-state index contributed by atoms with van der Waals surface area (Å²) in [5.74, 6) is -0.172. The van der Waals surface area contributed by atoms with Gasteiger partial charge in [0, 0.05) is 17.6 Å². The molecule has 0 aromatic carbocycles. The van der Waals surface area contributed by atoms with Crippen LogP contribution >= 0.6 is 11.3 Å². The first-order valence-corrected chi connectivity index (χ1v) is 7.56. The highest BCUT2D eigenvalue weighted by Gasteiger charge is 2.06. The Balaban J connectivity index is 2.22. The van der Waals surface area contributed by atoms with Gasteiger partial charge < -0.3 is 10.4 Å². The topological polar surface area (TPSA) is 49.3 Å². The van der Waals surface area contributed by atoms with Crippen molar-refractivity contribution in [2.75, 3.05) is 11.9 Å². The molecule has 0 amide bonds. The Morgan fingerprint density at radius 2 is 2.21 bits per heavy atom. The molecule has 106 valence electrons. The van der Waals surface area contributed by atoms with Crippen LogP contribution in [0.4, 0.5) is 5.69 Å². The summed E-state index contributed by atoms with van der Waals surface area (Å²) in [5, 5.41) is 14.0. The van der Waals surface area contributed by atoms with E-state index in [4.69, 9.17) is 5.11 Å². The molecule has 1 unspecified atom stereocenters. The summed E-state index contributed by atoms with van der Waals surface area (Å²) in [4.78, 5) is 11.1. The predicted octanol–water partition coefficient (Wildman–Crippen LogP) is 4.63. The summed E-state index contributed by atoms with van der Waals surface area (Å²) in [5.41, 5.74) is 2.30. The van der Waals surface area contributed by atoms with E-state index in [-0.39, 0.29) is 0 Å². The van der Waals surface area contributed by atoms with Crippen LogP contribution in [0.5, 0.6) is 0 Å². The Morgan fingerprint density at radius 1 is 1.47 bits per heavy atom. The standard InChI is InChI=1S/C15H23NO2S/c1-11(2)5-4-6-12(3)7-8-16-13-9-14(15(17)18)19-10-13/h5,9-10,12,16H,4,6-8H2,1-3H3,(H,17,18). The second kappa shape index (κ2) is 8.00. The number of carboxylic acid groups (broad SMARTS) is 1.